The summed E-state index contributed by atoms with van der Waals surface area (Å²) in [5, 5.41) is 0. The van der Waals surface area contributed by atoms with Crippen molar-refractivity contribution < 1.29 is 4.79 Å². The zero-order valence-corrected chi connectivity index (χ0v) is 10.1. The molecule has 0 heterocycles. The summed E-state index contributed by atoms with van der Waals surface area (Å²) in [6, 6.07) is 7.43. The average molecular weight is 233 g/mol. The molecule has 0 radical (unpaired) electrons. The molecule has 1 fully saturated rings. The Bertz CT molecular complexity index is 426. The summed E-state index contributed by atoms with van der Waals surface area (Å²) in [5.74, 6) is 0. The predicted octanol–water partition coefficient (Wildman–Crippen LogP) is 1.63. The first kappa shape index (κ1) is 11.9. The molecule has 4 heteroatoms. The standard InChI is InChI=1S/C13H19N3O/c1-16(12(14)17)11-4-2-3-10(9-11)5-6-13(15)7-8-13/h2-4,9H,5-8,15H2,1H3,(H2,14,17). The van der Waals surface area contributed by atoms with Crippen molar-refractivity contribution in [3.05, 3.63) is 29.8 Å². The fourth-order valence-electron chi connectivity index (χ4n) is 1.85. The number of carbonyl (C=O) groups is 1. The predicted molar refractivity (Wildman–Crippen MR) is 68.9 cm³/mol. The zero-order valence-electron chi connectivity index (χ0n) is 10.1. The lowest BCUT2D eigenvalue weighted by Gasteiger charge is -2.15. The van der Waals surface area contributed by atoms with E-state index in [2.05, 4.69) is 6.07 Å². The second-order valence-electron chi connectivity index (χ2n) is 4.93. The number of nitrogens with zero attached hydrogens (tertiary/aromatic N) is 1. The van der Waals surface area contributed by atoms with Crippen molar-refractivity contribution in [1.29, 1.82) is 0 Å². The number of hydrogen-bond donors (Lipinski definition) is 2. The highest BCUT2D eigenvalue weighted by Gasteiger charge is 2.37. The molecule has 0 aromatic heterocycles. The lowest BCUT2D eigenvalue weighted by Crippen LogP contribution is -2.31. The van der Waals surface area contributed by atoms with E-state index in [1.54, 1.807) is 7.05 Å². The van der Waals surface area contributed by atoms with Crippen molar-refractivity contribution in [1.82, 2.24) is 0 Å². The van der Waals surface area contributed by atoms with Gasteiger partial charge in [-0.25, -0.2) is 4.79 Å². The van der Waals surface area contributed by atoms with Crippen LogP contribution in [0.2, 0.25) is 0 Å². The van der Waals surface area contributed by atoms with Crippen molar-refractivity contribution in [3.63, 3.8) is 0 Å². The van der Waals surface area contributed by atoms with E-state index >= 15 is 0 Å². The molecule has 92 valence electrons. The van der Waals surface area contributed by atoms with E-state index in [0.717, 1.165) is 31.4 Å². The Labute approximate surface area is 102 Å². The number of amides is 2. The Balaban J connectivity index is 2.03. The molecule has 1 aliphatic carbocycles. The van der Waals surface area contributed by atoms with Crippen LogP contribution in [0.3, 0.4) is 0 Å². The van der Waals surface area contributed by atoms with E-state index in [4.69, 9.17) is 11.5 Å². The third-order valence-electron chi connectivity index (χ3n) is 3.43. The average Bonchev–Trinajstić information content (AvgIpc) is 3.05. The van der Waals surface area contributed by atoms with Crippen molar-refractivity contribution in [2.45, 2.75) is 31.2 Å². The second-order valence-corrected chi connectivity index (χ2v) is 4.93. The summed E-state index contributed by atoms with van der Waals surface area (Å²) in [6.45, 7) is 0. The largest absolute Gasteiger partial charge is 0.351 e. The Morgan fingerprint density at radius 2 is 2.18 bits per heavy atom. The first-order valence-electron chi connectivity index (χ1n) is 5.91. The number of aryl methyl sites for hydroxylation is 1. The van der Waals surface area contributed by atoms with Crippen LogP contribution < -0.4 is 16.4 Å². The van der Waals surface area contributed by atoms with E-state index in [0.29, 0.717) is 0 Å². The van der Waals surface area contributed by atoms with Crippen LogP contribution in [0.25, 0.3) is 0 Å². The van der Waals surface area contributed by atoms with Gasteiger partial charge in [0.1, 0.15) is 0 Å². The number of urea groups is 1. The maximum atomic E-state index is 11.1. The van der Waals surface area contributed by atoms with E-state index in [1.165, 1.54) is 10.5 Å². The molecule has 1 saturated carbocycles. The van der Waals surface area contributed by atoms with Gasteiger partial charge < -0.3 is 11.5 Å². The molecule has 0 unspecified atom stereocenters. The lowest BCUT2D eigenvalue weighted by molar-refractivity contribution is 0.255. The number of benzene rings is 1. The first-order valence-corrected chi connectivity index (χ1v) is 5.91. The van der Waals surface area contributed by atoms with Gasteiger partial charge in [0.2, 0.25) is 0 Å². The van der Waals surface area contributed by atoms with Gasteiger partial charge in [-0.1, -0.05) is 12.1 Å². The summed E-state index contributed by atoms with van der Waals surface area (Å²) < 4.78 is 0. The van der Waals surface area contributed by atoms with Crippen molar-refractivity contribution >= 4 is 11.7 Å². The Kier molecular flexibility index (Phi) is 3.07. The molecular formula is C13H19N3O. The number of anilines is 1. The molecule has 2 amide bonds. The summed E-state index contributed by atoms with van der Waals surface area (Å²) in [7, 11) is 1.67. The minimum Gasteiger partial charge on any atom is -0.351 e. The topological polar surface area (TPSA) is 72.3 Å². The van der Waals surface area contributed by atoms with Gasteiger partial charge in [0, 0.05) is 18.3 Å². The number of primary amides is 1. The monoisotopic (exact) mass is 233 g/mol. The number of nitrogens with two attached hydrogens (primary N) is 2. The lowest BCUT2D eigenvalue weighted by atomic mass is 10.0. The fourth-order valence-corrected chi connectivity index (χ4v) is 1.85. The van der Waals surface area contributed by atoms with Crippen LogP contribution in [-0.4, -0.2) is 18.6 Å². The zero-order chi connectivity index (χ0) is 12.5. The number of carbonyl (C=O) groups excluding carboxylic acids is 1. The number of hydrogen-bond acceptors (Lipinski definition) is 2. The molecule has 0 bridgehead atoms. The molecule has 0 atom stereocenters. The minimum absolute atomic E-state index is 0.0750. The Morgan fingerprint density at radius 3 is 2.76 bits per heavy atom. The minimum atomic E-state index is -0.445. The molecular weight excluding hydrogens is 214 g/mol. The highest BCUT2D eigenvalue weighted by Crippen LogP contribution is 2.36. The van der Waals surface area contributed by atoms with Gasteiger partial charge in [0.15, 0.2) is 0 Å². The summed E-state index contributed by atoms with van der Waals surface area (Å²) in [4.78, 5) is 12.5. The highest BCUT2D eigenvalue weighted by molar-refractivity contribution is 5.90. The molecule has 17 heavy (non-hydrogen) atoms. The fraction of sp³-hybridized carbons (Fsp3) is 0.462. The molecule has 4 nitrogen and oxygen atoms in total. The van der Waals surface area contributed by atoms with Crippen LogP contribution in [0.5, 0.6) is 0 Å². The maximum absolute atomic E-state index is 11.1. The van der Waals surface area contributed by atoms with Crippen LogP contribution in [0.4, 0.5) is 10.5 Å². The summed E-state index contributed by atoms with van der Waals surface area (Å²) in [5.41, 5.74) is 13.4. The first-order chi connectivity index (χ1) is 8.00. The van der Waals surface area contributed by atoms with Gasteiger partial charge >= 0.3 is 6.03 Å². The van der Waals surface area contributed by atoms with Crippen LogP contribution in [0, 0.1) is 0 Å². The second kappa shape index (κ2) is 4.37. The molecule has 1 aliphatic rings. The van der Waals surface area contributed by atoms with Crippen LogP contribution in [0.15, 0.2) is 24.3 Å². The van der Waals surface area contributed by atoms with Crippen molar-refractivity contribution in [2.75, 3.05) is 11.9 Å². The third-order valence-corrected chi connectivity index (χ3v) is 3.43. The number of rotatable bonds is 4. The smallest absolute Gasteiger partial charge is 0.318 e. The Morgan fingerprint density at radius 1 is 1.47 bits per heavy atom. The Hall–Kier alpha value is -1.55. The molecule has 1 aromatic rings. The summed E-state index contributed by atoms with van der Waals surface area (Å²) in [6.07, 6.45) is 4.23. The highest BCUT2D eigenvalue weighted by atomic mass is 16.2. The van der Waals surface area contributed by atoms with E-state index in [1.807, 2.05) is 18.2 Å². The van der Waals surface area contributed by atoms with Crippen molar-refractivity contribution in [3.8, 4) is 0 Å². The molecule has 2 rings (SSSR count). The molecule has 0 aliphatic heterocycles. The van der Waals surface area contributed by atoms with Gasteiger partial charge in [0.05, 0.1) is 0 Å². The molecule has 0 spiro atoms. The van der Waals surface area contributed by atoms with Gasteiger partial charge in [-0.15, -0.1) is 0 Å². The third kappa shape index (κ3) is 2.97. The molecule has 1 aromatic carbocycles. The van der Waals surface area contributed by atoms with Gasteiger partial charge in [-0.05, 0) is 43.4 Å². The summed E-state index contributed by atoms with van der Waals surface area (Å²) >= 11 is 0. The van der Waals surface area contributed by atoms with Crippen molar-refractivity contribution in [2.24, 2.45) is 11.5 Å². The van der Waals surface area contributed by atoms with E-state index < -0.39 is 6.03 Å². The van der Waals surface area contributed by atoms with Crippen LogP contribution in [-0.2, 0) is 6.42 Å². The molecule has 4 N–H and O–H groups in total. The maximum Gasteiger partial charge on any atom is 0.318 e. The quantitative estimate of drug-likeness (QED) is 0.829. The van der Waals surface area contributed by atoms with Crippen LogP contribution >= 0.6 is 0 Å². The van der Waals surface area contributed by atoms with Crippen LogP contribution in [0.1, 0.15) is 24.8 Å². The van der Waals surface area contributed by atoms with Gasteiger partial charge in [-0.3, -0.25) is 4.90 Å². The SMILES string of the molecule is CN(C(N)=O)c1cccc(CCC2(N)CC2)c1. The van der Waals surface area contributed by atoms with E-state index in [-0.39, 0.29) is 5.54 Å². The molecule has 0 saturated heterocycles. The normalized spacial score (nSPS) is 16.6. The van der Waals surface area contributed by atoms with Gasteiger partial charge in [-0.2, -0.15) is 0 Å². The van der Waals surface area contributed by atoms with Gasteiger partial charge in [0.25, 0.3) is 0 Å². The van der Waals surface area contributed by atoms with E-state index in [9.17, 15) is 4.79 Å².